The number of carbonyl (C=O) groups excluding carboxylic acids is 1. The van der Waals surface area contributed by atoms with Crippen molar-refractivity contribution in [3.05, 3.63) is 84.2 Å². The van der Waals surface area contributed by atoms with Gasteiger partial charge >= 0.3 is 0 Å². The quantitative estimate of drug-likeness (QED) is 0.379. The van der Waals surface area contributed by atoms with E-state index in [-0.39, 0.29) is 12.1 Å². The zero-order valence-corrected chi connectivity index (χ0v) is 21.5. The molecular weight excluding hydrogens is 494 g/mol. The molecule has 3 aromatic rings. The maximum atomic E-state index is 12.7. The first-order chi connectivity index (χ1) is 17.7. The fraction of sp³-hybridized carbons (Fsp3) is 0.333. The van der Waals surface area contributed by atoms with Gasteiger partial charge in [-0.2, -0.15) is 8.42 Å². The predicted octanol–water partition coefficient (Wildman–Crippen LogP) is 2.36. The molecule has 1 aliphatic rings. The van der Waals surface area contributed by atoms with Crippen LogP contribution in [-0.2, 0) is 35.9 Å². The van der Waals surface area contributed by atoms with Gasteiger partial charge in [-0.1, -0.05) is 48.5 Å². The Balaban J connectivity index is 1.50. The molecule has 0 aliphatic carbocycles. The van der Waals surface area contributed by atoms with Crippen LogP contribution in [-0.4, -0.2) is 69.9 Å². The lowest BCUT2D eigenvalue weighted by atomic mass is 9.89. The van der Waals surface area contributed by atoms with Gasteiger partial charge in [0.25, 0.3) is 16.0 Å². The highest BCUT2D eigenvalue weighted by Gasteiger charge is 2.45. The number of morpholine rings is 1. The van der Waals surface area contributed by atoms with Crippen molar-refractivity contribution >= 4 is 16.0 Å². The van der Waals surface area contributed by atoms with Gasteiger partial charge in [-0.05, 0) is 29.3 Å². The molecule has 0 saturated carbocycles. The third-order valence-electron chi connectivity index (χ3n) is 6.13. The molecule has 196 valence electrons. The minimum Gasteiger partial charge on any atom is -0.492 e. The summed E-state index contributed by atoms with van der Waals surface area (Å²) in [6.45, 7) is 4.79. The molecule has 37 heavy (non-hydrogen) atoms. The molecule has 2 aromatic carbocycles. The van der Waals surface area contributed by atoms with Crippen LogP contribution in [0.15, 0.2) is 72.9 Å². The fourth-order valence-corrected chi connectivity index (χ4v) is 4.97. The van der Waals surface area contributed by atoms with Gasteiger partial charge in [-0.25, -0.2) is 4.18 Å². The van der Waals surface area contributed by atoms with E-state index >= 15 is 0 Å². The van der Waals surface area contributed by atoms with Crippen molar-refractivity contribution in [3.63, 3.8) is 0 Å². The van der Waals surface area contributed by atoms with Gasteiger partial charge in [0, 0.05) is 37.8 Å². The second-order valence-corrected chi connectivity index (χ2v) is 10.5. The van der Waals surface area contributed by atoms with Crippen molar-refractivity contribution in [1.82, 2.24) is 9.88 Å². The van der Waals surface area contributed by atoms with Crippen LogP contribution in [0.1, 0.15) is 11.3 Å². The normalized spacial score (nSPS) is 16.1. The molecule has 2 N–H and O–H groups in total. The maximum absolute atomic E-state index is 12.7. The van der Waals surface area contributed by atoms with Crippen molar-refractivity contribution < 1.29 is 26.9 Å². The highest BCUT2D eigenvalue weighted by Crippen LogP contribution is 2.32. The van der Waals surface area contributed by atoms with Crippen molar-refractivity contribution in [2.45, 2.75) is 12.0 Å². The monoisotopic (exact) mass is 525 g/mol. The van der Waals surface area contributed by atoms with E-state index in [2.05, 4.69) is 9.88 Å². The molecule has 1 aromatic heterocycles. The lowest BCUT2D eigenvalue weighted by molar-refractivity contribution is -0.134. The smallest absolute Gasteiger partial charge is 0.265 e. The Morgan fingerprint density at radius 1 is 1.03 bits per heavy atom. The van der Waals surface area contributed by atoms with E-state index in [1.807, 2.05) is 30.3 Å². The van der Waals surface area contributed by atoms with Crippen molar-refractivity contribution in [1.29, 1.82) is 0 Å². The molecule has 1 amide bonds. The number of benzene rings is 2. The third-order valence-corrected chi connectivity index (χ3v) is 6.72. The summed E-state index contributed by atoms with van der Waals surface area (Å²) < 4.78 is 40.8. The number of hydrogen-bond acceptors (Lipinski definition) is 8. The lowest BCUT2D eigenvalue weighted by Gasteiger charge is -2.29. The van der Waals surface area contributed by atoms with Crippen LogP contribution in [0, 0.1) is 0 Å². The molecule has 1 aliphatic heterocycles. The number of primary amides is 1. The molecular formula is C27H31N3O6S. The first-order valence-corrected chi connectivity index (χ1v) is 13.8. The van der Waals surface area contributed by atoms with Crippen molar-refractivity contribution in [2.24, 2.45) is 5.73 Å². The van der Waals surface area contributed by atoms with Crippen LogP contribution < -0.4 is 10.5 Å². The SMILES string of the molecule is CS(=O)(=O)OC(Cc1ccccc1)(C(N)=O)c1ccc(-c2ccc(OCCN3CCOCC3)cc2)cn1. The Kier molecular flexibility index (Phi) is 8.55. The summed E-state index contributed by atoms with van der Waals surface area (Å²) in [5.74, 6) is -0.181. The Labute approximate surface area is 217 Å². The average molecular weight is 526 g/mol. The summed E-state index contributed by atoms with van der Waals surface area (Å²) in [5, 5.41) is 0. The third kappa shape index (κ3) is 7.14. The number of aromatic nitrogens is 1. The highest BCUT2D eigenvalue weighted by molar-refractivity contribution is 7.86. The van der Waals surface area contributed by atoms with E-state index in [0.717, 1.165) is 56.0 Å². The van der Waals surface area contributed by atoms with Gasteiger partial charge in [0.15, 0.2) is 0 Å². The fourth-order valence-electron chi connectivity index (χ4n) is 4.22. The number of nitrogens with zero attached hydrogens (tertiary/aromatic N) is 2. The zero-order chi connectivity index (χ0) is 26.3. The molecule has 4 rings (SSSR count). The minimum atomic E-state index is -4.04. The lowest BCUT2D eigenvalue weighted by Crippen LogP contribution is -2.47. The van der Waals surface area contributed by atoms with E-state index in [4.69, 9.17) is 19.4 Å². The van der Waals surface area contributed by atoms with E-state index in [9.17, 15) is 13.2 Å². The molecule has 1 atom stereocenters. The van der Waals surface area contributed by atoms with Gasteiger partial charge in [0.1, 0.15) is 12.4 Å². The molecule has 10 heteroatoms. The zero-order valence-electron chi connectivity index (χ0n) is 20.7. The van der Waals surface area contributed by atoms with E-state index in [1.54, 1.807) is 42.6 Å². The molecule has 0 radical (unpaired) electrons. The number of amides is 1. The first-order valence-electron chi connectivity index (χ1n) is 12.0. The Hall–Kier alpha value is -3.31. The number of carbonyl (C=O) groups is 1. The summed E-state index contributed by atoms with van der Waals surface area (Å²) in [6.07, 6.45) is 2.37. The number of rotatable bonds is 11. The summed E-state index contributed by atoms with van der Waals surface area (Å²) >= 11 is 0. The number of hydrogen-bond donors (Lipinski definition) is 1. The van der Waals surface area contributed by atoms with Crippen LogP contribution in [0.3, 0.4) is 0 Å². The van der Waals surface area contributed by atoms with E-state index in [0.29, 0.717) is 12.2 Å². The van der Waals surface area contributed by atoms with Gasteiger partial charge in [-0.15, -0.1) is 0 Å². The first kappa shape index (κ1) is 26.7. The maximum Gasteiger partial charge on any atom is 0.265 e. The predicted molar refractivity (Wildman–Crippen MR) is 139 cm³/mol. The van der Waals surface area contributed by atoms with Crippen LogP contribution >= 0.6 is 0 Å². The standard InChI is InChI=1S/C27H31N3O6S/c1-37(32,33)36-27(26(28)31,19-21-5-3-2-4-6-21)25-12-9-23(20-29-25)22-7-10-24(11-8-22)35-18-15-30-13-16-34-17-14-30/h2-12,20H,13-19H2,1H3,(H2,28,31). The molecule has 1 fully saturated rings. The Bertz CT molecular complexity index is 1280. The molecule has 0 bridgehead atoms. The summed E-state index contributed by atoms with van der Waals surface area (Å²) in [7, 11) is -4.04. The minimum absolute atomic E-state index is 0.0842. The Morgan fingerprint density at radius 2 is 1.70 bits per heavy atom. The van der Waals surface area contributed by atoms with Crippen LogP contribution in [0.25, 0.3) is 11.1 Å². The van der Waals surface area contributed by atoms with Gasteiger partial charge in [-0.3, -0.25) is 14.7 Å². The summed E-state index contributed by atoms with van der Waals surface area (Å²) in [4.78, 5) is 19.4. The van der Waals surface area contributed by atoms with Crippen LogP contribution in [0.2, 0.25) is 0 Å². The molecule has 1 saturated heterocycles. The highest BCUT2D eigenvalue weighted by atomic mass is 32.2. The molecule has 1 unspecified atom stereocenters. The van der Waals surface area contributed by atoms with Gasteiger partial charge < -0.3 is 15.2 Å². The van der Waals surface area contributed by atoms with Gasteiger partial charge in [0.2, 0.25) is 5.60 Å². The van der Waals surface area contributed by atoms with Crippen LogP contribution in [0.5, 0.6) is 5.75 Å². The topological polar surface area (TPSA) is 121 Å². The van der Waals surface area contributed by atoms with Crippen LogP contribution in [0.4, 0.5) is 0 Å². The van der Waals surface area contributed by atoms with E-state index in [1.165, 1.54) is 0 Å². The van der Waals surface area contributed by atoms with Crippen molar-refractivity contribution in [3.8, 4) is 16.9 Å². The van der Waals surface area contributed by atoms with Gasteiger partial charge in [0.05, 0.1) is 25.2 Å². The number of pyridine rings is 1. The van der Waals surface area contributed by atoms with Crippen molar-refractivity contribution in [2.75, 3.05) is 45.7 Å². The largest absolute Gasteiger partial charge is 0.492 e. The molecule has 2 heterocycles. The second-order valence-electron chi connectivity index (χ2n) is 8.90. The van der Waals surface area contributed by atoms with E-state index < -0.39 is 21.6 Å². The molecule has 9 nitrogen and oxygen atoms in total. The average Bonchev–Trinajstić information content (AvgIpc) is 2.89. The summed E-state index contributed by atoms with van der Waals surface area (Å²) in [6, 6.07) is 19.9. The summed E-state index contributed by atoms with van der Waals surface area (Å²) in [5.41, 5.74) is 6.20. The number of nitrogens with two attached hydrogens (primary N) is 1. The Morgan fingerprint density at radius 3 is 2.30 bits per heavy atom. The molecule has 0 spiro atoms. The second kappa shape index (κ2) is 11.8. The number of ether oxygens (including phenoxy) is 2.